The van der Waals surface area contributed by atoms with E-state index in [4.69, 9.17) is 0 Å². The van der Waals surface area contributed by atoms with Gasteiger partial charge in [0.25, 0.3) is 0 Å². The topological polar surface area (TPSA) is 43.1 Å². The highest BCUT2D eigenvalue weighted by atomic mass is 16.6. The first kappa shape index (κ1) is 9.14. The zero-order valence-electron chi connectivity index (χ0n) is 6.41. The fraction of sp³-hybridized carbons (Fsp3) is 0.714. The molecule has 0 saturated carbocycles. The summed E-state index contributed by atoms with van der Waals surface area (Å²) in [6, 6.07) is 0. The van der Waals surface area contributed by atoms with Crippen LogP contribution in [0.25, 0.3) is 0 Å². The van der Waals surface area contributed by atoms with E-state index >= 15 is 0 Å². The minimum atomic E-state index is -0.424. The third-order valence-corrected chi connectivity index (χ3v) is 1.28. The van der Waals surface area contributed by atoms with Crippen molar-refractivity contribution in [3.63, 3.8) is 0 Å². The van der Waals surface area contributed by atoms with Crippen molar-refractivity contribution in [1.29, 1.82) is 0 Å². The van der Waals surface area contributed by atoms with E-state index in [-0.39, 0.29) is 0 Å². The standard InChI is InChI=1S/C7H13NO2/c1-3-4-7(2)5-6-8(9)10/h5-7H,3-4H2,1-2H3/b6-5+. The minimum absolute atomic E-state index is 0.329. The fourth-order valence-electron chi connectivity index (χ4n) is 0.769. The summed E-state index contributed by atoms with van der Waals surface area (Å²) < 4.78 is 0. The monoisotopic (exact) mass is 143 g/mol. The Labute approximate surface area is 60.9 Å². The van der Waals surface area contributed by atoms with Gasteiger partial charge in [0.15, 0.2) is 0 Å². The second kappa shape index (κ2) is 4.97. The number of rotatable bonds is 4. The molecular weight excluding hydrogens is 130 g/mol. The summed E-state index contributed by atoms with van der Waals surface area (Å²) in [5.41, 5.74) is 0. The lowest BCUT2D eigenvalue weighted by atomic mass is 10.1. The Morgan fingerprint density at radius 1 is 1.70 bits per heavy atom. The molecule has 10 heavy (non-hydrogen) atoms. The van der Waals surface area contributed by atoms with Gasteiger partial charge >= 0.3 is 0 Å². The van der Waals surface area contributed by atoms with Crippen LogP contribution in [0.2, 0.25) is 0 Å². The number of hydrogen-bond acceptors (Lipinski definition) is 2. The Bertz CT molecular complexity index is 132. The molecule has 58 valence electrons. The zero-order valence-corrected chi connectivity index (χ0v) is 6.41. The van der Waals surface area contributed by atoms with Gasteiger partial charge in [-0.1, -0.05) is 20.3 Å². The van der Waals surface area contributed by atoms with Gasteiger partial charge in [0.2, 0.25) is 6.20 Å². The van der Waals surface area contributed by atoms with Crippen molar-refractivity contribution in [2.75, 3.05) is 0 Å². The number of nitrogens with zero attached hydrogens (tertiary/aromatic N) is 1. The lowest BCUT2D eigenvalue weighted by Crippen LogP contribution is -1.90. The normalized spacial score (nSPS) is 13.8. The van der Waals surface area contributed by atoms with E-state index in [1.54, 1.807) is 6.08 Å². The van der Waals surface area contributed by atoms with Gasteiger partial charge in [0.05, 0.1) is 4.92 Å². The maximum Gasteiger partial charge on any atom is 0.230 e. The second-order valence-electron chi connectivity index (χ2n) is 2.39. The highest BCUT2D eigenvalue weighted by molar-refractivity contribution is 4.78. The van der Waals surface area contributed by atoms with Crippen LogP contribution < -0.4 is 0 Å². The summed E-state index contributed by atoms with van der Waals surface area (Å²) in [5, 5.41) is 9.83. The van der Waals surface area contributed by atoms with Gasteiger partial charge in [-0.15, -0.1) is 0 Å². The third-order valence-electron chi connectivity index (χ3n) is 1.28. The molecular formula is C7H13NO2. The molecule has 0 aliphatic rings. The van der Waals surface area contributed by atoms with Gasteiger partial charge < -0.3 is 0 Å². The number of nitro groups is 1. The van der Waals surface area contributed by atoms with Crippen molar-refractivity contribution in [1.82, 2.24) is 0 Å². The van der Waals surface area contributed by atoms with Crippen LogP contribution in [-0.4, -0.2) is 4.92 Å². The molecule has 3 heteroatoms. The fourth-order valence-corrected chi connectivity index (χ4v) is 0.769. The molecule has 1 unspecified atom stereocenters. The molecule has 0 aromatic rings. The van der Waals surface area contributed by atoms with Crippen molar-refractivity contribution >= 4 is 0 Å². The van der Waals surface area contributed by atoms with Crippen LogP contribution in [0.15, 0.2) is 12.3 Å². The highest BCUT2D eigenvalue weighted by Gasteiger charge is 1.95. The van der Waals surface area contributed by atoms with E-state index < -0.39 is 4.92 Å². The smallest absolute Gasteiger partial charge is 0.230 e. The first-order valence-corrected chi connectivity index (χ1v) is 3.48. The molecule has 1 atom stereocenters. The predicted molar refractivity (Wildman–Crippen MR) is 40.2 cm³/mol. The minimum Gasteiger partial charge on any atom is -0.259 e. The first-order chi connectivity index (χ1) is 4.66. The largest absolute Gasteiger partial charge is 0.259 e. The van der Waals surface area contributed by atoms with E-state index in [1.165, 1.54) is 0 Å². The average Bonchev–Trinajstić information content (AvgIpc) is 1.85. The highest BCUT2D eigenvalue weighted by Crippen LogP contribution is 2.05. The quantitative estimate of drug-likeness (QED) is 0.447. The predicted octanol–water partition coefficient (Wildman–Crippen LogP) is 2.21. The van der Waals surface area contributed by atoms with Crippen LogP contribution in [0.5, 0.6) is 0 Å². The van der Waals surface area contributed by atoms with Crippen LogP contribution in [0.4, 0.5) is 0 Å². The zero-order chi connectivity index (χ0) is 7.98. The van der Waals surface area contributed by atoms with E-state index in [0.29, 0.717) is 5.92 Å². The van der Waals surface area contributed by atoms with Crippen molar-refractivity contribution < 1.29 is 4.92 Å². The molecule has 0 aromatic carbocycles. The van der Waals surface area contributed by atoms with Crippen molar-refractivity contribution in [3.8, 4) is 0 Å². The maximum absolute atomic E-state index is 9.83. The van der Waals surface area contributed by atoms with Crippen LogP contribution in [0.1, 0.15) is 26.7 Å². The molecule has 0 aliphatic heterocycles. The molecule has 0 amide bonds. The molecule has 0 spiro atoms. The number of hydrogen-bond donors (Lipinski definition) is 0. The van der Waals surface area contributed by atoms with Crippen LogP contribution in [0.3, 0.4) is 0 Å². The summed E-state index contributed by atoms with van der Waals surface area (Å²) in [4.78, 5) is 9.40. The molecule has 0 aromatic heterocycles. The number of allylic oxidation sites excluding steroid dienone is 1. The van der Waals surface area contributed by atoms with Gasteiger partial charge in [-0.3, -0.25) is 10.1 Å². The molecule has 0 saturated heterocycles. The molecule has 0 N–H and O–H groups in total. The summed E-state index contributed by atoms with van der Waals surface area (Å²) >= 11 is 0. The Hall–Kier alpha value is -0.860. The first-order valence-electron chi connectivity index (χ1n) is 3.48. The molecule has 0 rings (SSSR count). The van der Waals surface area contributed by atoms with E-state index in [2.05, 4.69) is 6.92 Å². The van der Waals surface area contributed by atoms with E-state index in [0.717, 1.165) is 19.0 Å². The SMILES string of the molecule is CCCC(C)/C=C/[N+](=O)[O-]. The summed E-state index contributed by atoms with van der Waals surface area (Å²) in [7, 11) is 0. The molecule has 0 aliphatic carbocycles. The van der Waals surface area contributed by atoms with Gasteiger partial charge in [0, 0.05) is 0 Å². The molecule has 0 fully saturated rings. The molecule has 3 nitrogen and oxygen atoms in total. The molecule has 0 radical (unpaired) electrons. The Balaban J connectivity index is 3.55. The molecule has 0 heterocycles. The molecule has 0 bridgehead atoms. The van der Waals surface area contributed by atoms with Crippen molar-refractivity contribution in [2.45, 2.75) is 26.7 Å². The van der Waals surface area contributed by atoms with Gasteiger partial charge in [0.1, 0.15) is 0 Å². The lowest BCUT2D eigenvalue weighted by molar-refractivity contribution is -0.402. The summed E-state index contributed by atoms with van der Waals surface area (Å²) in [6.07, 6.45) is 4.73. The van der Waals surface area contributed by atoms with Gasteiger partial charge in [-0.2, -0.15) is 0 Å². The Morgan fingerprint density at radius 3 is 2.70 bits per heavy atom. The summed E-state index contributed by atoms with van der Waals surface area (Å²) in [5.74, 6) is 0.329. The second-order valence-corrected chi connectivity index (χ2v) is 2.39. The van der Waals surface area contributed by atoms with Crippen molar-refractivity contribution in [2.24, 2.45) is 5.92 Å². The maximum atomic E-state index is 9.83. The van der Waals surface area contributed by atoms with Crippen LogP contribution in [0, 0.1) is 16.0 Å². The van der Waals surface area contributed by atoms with Crippen LogP contribution >= 0.6 is 0 Å². The Morgan fingerprint density at radius 2 is 2.30 bits per heavy atom. The van der Waals surface area contributed by atoms with Crippen molar-refractivity contribution in [3.05, 3.63) is 22.4 Å². The lowest BCUT2D eigenvalue weighted by Gasteiger charge is -1.98. The van der Waals surface area contributed by atoms with E-state index in [9.17, 15) is 10.1 Å². The average molecular weight is 143 g/mol. The van der Waals surface area contributed by atoms with E-state index in [1.807, 2.05) is 6.92 Å². The van der Waals surface area contributed by atoms with Gasteiger partial charge in [-0.05, 0) is 18.4 Å². The van der Waals surface area contributed by atoms with Gasteiger partial charge in [-0.25, -0.2) is 0 Å². The Kier molecular flexibility index (Phi) is 4.54. The third kappa shape index (κ3) is 5.28. The van der Waals surface area contributed by atoms with Crippen LogP contribution in [-0.2, 0) is 0 Å². The summed E-state index contributed by atoms with van der Waals surface area (Å²) in [6.45, 7) is 4.04.